The summed E-state index contributed by atoms with van der Waals surface area (Å²) in [5, 5.41) is 7.09. The summed E-state index contributed by atoms with van der Waals surface area (Å²) in [7, 11) is 0. The summed E-state index contributed by atoms with van der Waals surface area (Å²) < 4.78 is 40.7. The van der Waals surface area contributed by atoms with Crippen LogP contribution in [0.15, 0.2) is 24.3 Å². The summed E-state index contributed by atoms with van der Waals surface area (Å²) in [5.74, 6) is -0.436. The van der Waals surface area contributed by atoms with Gasteiger partial charge in [0.15, 0.2) is 0 Å². The van der Waals surface area contributed by atoms with Gasteiger partial charge in [0.1, 0.15) is 0 Å². The van der Waals surface area contributed by atoms with Gasteiger partial charge in [0.2, 0.25) is 5.91 Å². The molecule has 0 aliphatic rings. The van der Waals surface area contributed by atoms with Crippen molar-refractivity contribution >= 4 is 5.91 Å². The Labute approximate surface area is 145 Å². The minimum Gasteiger partial charge on any atom is -0.354 e. The molecule has 0 aliphatic heterocycles. The minimum absolute atomic E-state index is 0.0214. The van der Waals surface area contributed by atoms with E-state index in [1.54, 1.807) is 0 Å². The van der Waals surface area contributed by atoms with Crippen molar-refractivity contribution in [2.75, 3.05) is 6.54 Å². The van der Waals surface area contributed by atoms with Gasteiger partial charge in [0, 0.05) is 12.2 Å². The van der Waals surface area contributed by atoms with Crippen LogP contribution in [0.4, 0.5) is 13.2 Å². The lowest BCUT2D eigenvalue weighted by molar-refractivity contribution is -0.138. The van der Waals surface area contributed by atoms with Gasteiger partial charge in [-0.3, -0.25) is 9.48 Å². The number of halogens is 3. The second-order valence-electron chi connectivity index (χ2n) is 5.91. The fraction of sp³-hybridized carbons (Fsp3) is 0.444. The Kier molecular flexibility index (Phi) is 5.87. The van der Waals surface area contributed by atoms with E-state index >= 15 is 0 Å². The zero-order chi connectivity index (χ0) is 18.6. The Bertz CT molecular complexity index is 751. The molecule has 1 amide bonds. The van der Waals surface area contributed by atoms with Gasteiger partial charge in [0.05, 0.1) is 24.2 Å². The van der Waals surface area contributed by atoms with E-state index in [1.165, 1.54) is 23.8 Å². The van der Waals surface area contributed by atoms with Crippen molar-refractivity contribution in [3.8, 4) is 0 Å². The van der Waals surface area contributed by atoms with Gasteiger partial charge in [-0.05, 0) is 37.5 Å². The number of rotatable bonds is 6. The minimum atomic E-state index is -4.46. The molecule has 1 aromatic heterocycles. The summed E-state index contributed by atoms with van der Waals surface area (Å²) >= 11 is 0. The first kappa shape index (κ1) is 19.0. The molecular weight excluding hydrogens is 331 g/mol. The smallest absolute Gasteiger partial charge is 0.354 e. The fourth-order valence-corrected chi connectivity index (χ4v) is 2.95. The van der Waals surface area contributed by atoms with Crippen LogP contribution in [-0.4, -0.2) is 22.2 Å². The Morgan fingerprint density at radius 3 is 2.52 bits per heavy atom. The molecule has 4 nitrogen and oxygen atoms in total. The highest BCUT2D eigenvalue weighted by Gasteiger charge is 2.33. The topological polar surface area (TPSA) is 46.9 Å². The first-order chi connectivity index (χ1) is 11.7. The molecule has 1 aromatic carbocycles. The second kappa shape index (κ2) is 7.72. The number of carbonyl (C=O) groups is 1. The molecule has 7 heteroatoms. The summed E-state index contributed by atoms with van der Waals surface area (Å²) in [6, 6.07) is 5.14. The largest absolute Gasteiger partial charge is 0.416 e. The number of aryl methyl sites for hydroxylation is 1. The molecule has 1 heterocycles. The lowest BCUT2D eigenvalue weighted by Crippen LogP contribution is -2.29. The number of nitrogens with one attached hydrogen (secondary N) is 1. The molecule has 0 aliphatic carbocycles. The number of hydrogen-bond donors (Lipinski definition) is 1. The number of alkyl halides is 3. The Hall–Kier alpha value is -2.31. The van der Waals surface area contributed by atoms with Gasteiger partial charge in [-0.15, -0.1) is 0 Å². The number of nitrogens with zero attached hydrogens (tertiary/aromatic N) is 2. The SMILES string of the molecule is CCc1c(C)nn(CCNC(=O)Cc2ccccc2C(F)(F)F)c1C. The van der Waals surface area contributed by atoms with Crippen LogP contribution in [0.2, 0.25) is 0 Å². The number of carbonyl (C=O) groups excluding carboxylic acids is 1. The van der Waals surface area contributed by atoms with Crippen LogP contribution in [0.5, 0.6) is 0 Å². The molecular formula is C18H22F3N3O. The highest BCUT2D eigenvalue weighted by molar-refractivity contribution is 5.78. The van der Waals surface area contributed by atoms with Crippen LogP contribution in [0.1, 0.15) is 35.0 Å². The van der Waals surface area contributed by atoms with E-state index in [4.69, 9.17) is 0 Å². The van der Waals surface area contributed by atoms with E-state index in [2.05, 4.69) is 17.3 Å². The summed E-state index contributed by atoms with van der Waals surface area (Å²) in [5.41, 5.74) is 2.41. The summed E-state index contributed by atoms with van der Waals surface area (Å²) in [4.78, 5) is 12.0. The Balaban J connectivity index is 1.94. The molecule has 136 valence electrons. The standard InChI is InChI=1S/C18H22F3N3O/c1-4-15-12(2)23-24(13(15)3)10-9-22-17(25)11-14-7-5-6-8-16(14)18(19,20)21/h5-8H,4,9-11H2,1-3H3,(H,22,25). The molecule has 0 saturated heterocycles. The summed E-state index contributed by atoms with van der Waals surface area (Å²) in [6.45, 7) is 6.77. The van der Waals surface area contributed by atoms with Crippen molar-refractivity contribution in [2.24, 2.45) is 0 Å². The highest BCUT2D eigenvalue weighted by atomic mass is 19.4. The molecule has 1 N–H and O–H groups in total. The third-order valence-corrected chi connectivity index (χ3v) is 4.20. The van der Waals surface area contributed by atoms with Gasteiger partial charge in [-0.2, -0.15) is 18.3 Å². The van der Waals surface area contributed by atoms with Crippen LogP contribution in [-0.2, 0) is 30.4 Å². The van der Waals surface area contributed by atoms with Gasteiger partial charge >= 0.3 is 6.18 Å². The van der Waals surface area contributed by atoms with Crippen LogP contribution in [0.25, 0.3) is 0 Å². The third kappa shape index (κ3) is 4.61. The normalized spacial score (nSPS) is 11.6. The fourth-order valence-electron chi connectivity index (χ4n) is 2.95. The molecule has 0 bridgehead atoms. The average molecular weight is 353 g/mol. The van der Waals surface area contributed by atoms with Crippen molar-refractivity contribution in [2.45, 2.75) is 46.3 Å². The molecule has 2 rings (SSSR count). The predicted molar refractivity (Wildman–Crippen MR) is 89.2 cm³/mol. The number of aromatic nitrogens is 2. The number of amides is 1. The third-order valence-electron chi connectivity index (χ3n) is 4.20. The van der Waals surface area contributed by atoms with Gasteiger partial charge in [-0.25, -0.2) is 0 Å². The molecule has 0 atom stereocenters. The zero-order valence-electron chi connectivity index (χ0n) is 14.6. The quantitative estimate of drug-likeness (QED) is 0.865. The Morgan fingerprint density at radius 2 is 1.92 bits per heavy atom. The first-order valence-corrected chi connectivity index (χ1v) is 8.18. The Morgan fingerprint density at radius 1 is 1.24 bits per heavy atom. The molecule has 0 fully saturated rings. The van der Waals surface area contributed by atoms with Crippen LogP contribution in [0.3, 0.4) is 0 Å². The lowest BCUT2D eigenvalue weighted by atomic mass is 10.0. The molecule has 0 spiro atoms. The predicted octanol–water partition coefficient (Wildman–Crippen LogP) is 3.44. The van der Waals surface area contributed by atoms with E-state index in [0.717, 1.165) is 23.9 Å². The van der Waals surface area contributed by atoms with Crippen LogP contribution in [0, 0.1) is 13.8 Å². The molecule has 0 unspecified atom stereocenters. The van der Waals surface area contributed by atoms with E-state index in [9.17, 15) is 18.0 Å². The lowest BCUT2D eigenvalue weighted by Gasteiger charge is -2.12. The second-order valence-corrected chi connectivity index (χ2v) is 5.91. The van der Waals surface area contributed by atoms with Crippen molar-refractivity contribution < 1.29 is 18.0 Å². The van der Waals surface area contributed by atoms with E-state index < -0.39 is 17.6 Å². The van der Waals surface area contributed by atoms with Crippen molar-refractivity contribution in [3.63, 3.8) is 0 Å². The van der Waals surface area contributed by atoms with Gasteiger partial charge in [-0.1, -0.05) is 25.1 Å². The molecule has 25 heavy (non-hydrogen) atoms. The first-order valence-electron chi connectivity index (χ1n) is 8.18. The van der Waals surface area contributed by atoms with Gasteiger partial charge < -0.3 is 5.32 Å². The summed E-state index contributed by atoms with van der Waals surface area (Å²) in [6.07, 6.45) is -3.87. The highest BCUT2D eigenvalue weighted by Crippen LogP contribution is 2.31. The average Bonchev–Trinajstić information content (AvgIpc) is 2.80. The maximum Gasteiger partial charge on any atom is 0.416 e. The monoisotopic (exact) mass is 353 g/mol. The maximum absolute atomic E-state index is 12.9. The maximum atomic E-state index is 12.9. The van der Waals surface area contributed by atoms with Gasteiger partial charge in [0.25, 0.3) is 0 Å². The number of hydrogen-bond acceptors (Lipinski definition) is 2. The van der Waals surface area contributed by atoms with Crippen molar-refractivity contribution in [3.05, 3.63) is 52.3 Å². The zero-order valence-corrected chi connectivity index (χ0v) is 14.6. The van der Waals surface area contributed by atoms with Crippen molar-refractivity contribution in [1.82, 2.24) is 15.1 Å². The van der Waals surface area contributed by atoms with E-state index in [1.807, 2.05) is 18.5 Å². The molecule has 2 aromatic rings. The van der Waals surface area contributed by atoms with Crippen LogP contribution < -0.4 is 5.32 Å². The van der Waals surface area contributed by atoms with E-state index in [-0.39, 0.29) is 12.0 Å². The molecule has 0 saturated carbocycles. The molecule has 0 radical (unpaired) electrons. The van der Waals surface area contributed by atoms with E-state index in [0.29, 0.717) is 13.1 Å². The van der Waals surface area contributed by atoms with Crippen LogP contribution >= 0.6 is 0 Å². The number of benzene rings is 1. The van der Waals surface area contributed by atoms with Crippen molar-refractivity contribution in [1.29, 1.82) is 0 Å².